The van der Waals surface area contributed by atoms with Gasteiger partial charge >= 0.3 is 0 Å². The molecular weight excluding hydrogens is 260 g/mol. The second-order valence-electron chi connectivity index (χ2n) is 6.25. The van der Waals surface area contributed by atoms with Gasteiger partial charge in [-0.3, -0.25) is 4.90 Å². The summed E-state index contributed by atoms with van der Waals surface area (Å²) in [5.74, 6) is 1.06. The monoisotopic (exact) mass is 280 g/mol. The summed E-state index contributed by atoms with van der Waals surface area (Å²) in [7, 11) is 0. The van der Waals surface area contributed by atoms with Gasteiger partial charge in [-0.25, -0.2) is 0 Å². The average molecular weight is 280 g/mol. The van der Waals surface area contributed by atoms with Crippen LogP contribution >= 0.6 is 0 Å². The number of hydrogen-bond donors (Lipinski definition) is 1. The van der Waals surface area contributed by atoms with Crippen molar-refractivity contribution in [2.75, 3.05) is 12.3 Å². The van der Waals surface area contributed by atoms with E-state index in [1.807, 2.05) is 6.07 Å². The maximum atomic E-state index is 6.08. The number of aryl methyl sites for hydroxylation is 1. The third-order valence-electron chi connectivity index (χ3n) is 4.44. The summed E-state index contributed by atoms with van der Waals surface area (Å²) in [6, 6.07) is 12.7. The quantitative estimate of drug-likeness (QED) is 0.860. The van der Waals surface area contributed by atoms with Crippen molar-refractivity contribution in [2.24, 2.45) is 0 Å². The first-order valence-electron chi connectivity index (χ1n) is 7.53. The molecule has 0 bridgehead atoms. The predicted octanol–water partition coefficient (Wildman–Crippen LogP) is 2.90. The van der Waals surface area contributed by atoms with Crippen LogP contribution in [0.5, 0.6) is 5.75 Å². The molecule has 4 rings (SSSR count). The van der Waals surface area contributed by atoms with E-state index in [1.54, 1.807) is 0 Å². The minimum absolute atomic E-state index is 0.272. The van der Waals surface area contributed by atoms with Gasteiger partial charge in [0.25, 0.3) is 0 Å². The van der Waals surface area contributed by atoms with Crippen molar-refractivity contribution < 1.29 is 4.74 Å². The largest absolute Gasteiger partial charge is 0.488 e. The van der Waals surface area contributed by atoms with Crippen molar-refractivity contribution in [3.05, 3.63) is 58.7 Å². The van der Waals surface area contributed by atoms with E-state index in [2.05, 4.69) is 42.2 Å². The number of nitrogens with two attached hydrogens (primary N) is 1. The Balaban J connectivity index is 1.43. The fraction of sp³-hybridized carbons (Fsp3) is 0.333. The Kier molecular flexibility index (Phi) is 2.89. The number of nitrogens with zero attached hydrogens (tertiary/aromatic N) is 1. The van der Waals surface area contributed by atoms with E-state index in [4.69, 9.17) is 10.5 Å². The standard InChI is InChI=1S/C18H20N2O/c1-12-2-5-18-14(6-12)8-17(21-18)11-20-9-13-3-4-16(19)7-15(13)10-20/h2-7,17H,8-11,19H2,1H3. The molecule has 2 aromatic rings. The van der Waals surface area contributed by atoms with Crippen LogP contribution in [0.3, 0.4) is 0 Å². The molecule has 3 nitrogen and oxygen atoms in total. The second-order valence-corrected chi connectivity index (χ2v) is 6.25. The van der Waals surface area contributed by atoms with Gasteiger partial charge in [0, 0.05) is 31.7 Å². The van der Waals surface area contributed by atoms with Crippen LogP contribution in [0.2, 0.25) is 0 Å². The SMILES string of the molecule is Cc1ccc2c(c1)CC(CN1Cc3ccc(N)cc3C1)O2. The van der Waals surface area contributed by atoms with Crippen LogP contribution in [0.25, 0.3) is 0 Å². The summed E-state index contributed by atoms with van der Waals surface area (Å²) in [6.07, 6.45) is 1.29. The van der Waals surface area contributed by atoms with Gasteiger partial charge in [0.1, 0.15) is 11.9 Å². The Morgan fingerprint density at radius 3 is 2.86 bits per heavy atom. The third kappa shape index (κ3) is 2.38. The first-order valence-corrected chi connectivity index (χ1v) is 7.53. The number of hydrogen-bond acceptors (Lipinski definition) is 3. The molecule has 0 aromatic heterocycles. The molecule has 0 aliphatic carbocycles. The van der Waals surface area contributed by atoms with E-state index in [9.17, 15) is 0 Å². The minimum Gasteiger partial charge on any atom is -0.488 e. The van der Waals surface area contributed by atoms with Crippen molar-refractivity contribution in [1.29, 1.82) is 0 Å². The van der Waals surface area contributed by atoms with Crippen molar-refractivity contribution in [2.45, 2.75) is 32.5 Å². The van der Waals surface area contributed by atoms with Crippen molar-refractivity contribution >= 4 is 5.69 Å². The predicted molar refractivity (Wildman–Crippen MR) is 84.3 cm³/mol. The molecule has 108 valence electrons. The molecule has 0 fully saturated rings. The van der Waals surface area contributed by atoms with Gasteiger partial charge in [0.05, 0.1) is 0 Å². The fourth-order valence-electron chi connectivity index (χ4n) is 3.45. The Labute approximate surface area is 125 Å². The summed E-state index contributed by atoms with van der Waals surface area (Å²) in [5, 5.41) is 0. The summed E-state index contributed by atoms with van der Waals surface area (Å²) < 4.78 is 6.08. The number of rotatable bonds is 2. The molecule has 2 aliphatic rings. The molecule has 2 aliphatic heterocycles. The average Bonchev–Trinajstić information content (AvgIpc) is 3.00. The van der Waals surface area contributed by atoms with E-state index in [0.717, 1.165) is 37.5 Å². The molecule has 0 saturated heterocycles. The smallest absolute Gasteiger partial charge is 0.123 e. The third-order valence-corrected chi connectivity index (χ3v) is 4.44. The Hall–Kier alpha value is -2.00. The van der Waals surface area contributed by atoms with E-state index < -0.39 is 0 Å². The van der Waals surface area contributed by atoms with Crippen LogP contribution in [0.4, 0.5) is 5.69 Å². The number of fused-ring (bicyclic) bond motifs is 2. The Morgan fingerprint density at radius 2 is 1.95 bits per heavy atom. The van der Waals surface area contributed by atoms with E-state index in [-0.39, 0.29) is 6.10 Å². The number of nitrogen functional groups attached to an aromatic ring is 1. The van der Waals surface area contributed by atoms with Gasteiger partial charge < -0.3 is 10.5 Å². The molecule has 2 N–H and O–H groups in total. The number of ether oxygens (including phenoxy) is 1. The van der Waals surface area contributed by atoms with Crippen LogP contribution in [0.1, 0.15) is 22.3 Å². The molecule has 0 radical (unpaired) electrons. The molecule has 0 saturated carbocycles. The zero-order valence-corrected chi connectivity index (χ0v) is 12.3. The summed E-state index contributed by atoms with van der Waals surface area (Å²) in [4.78, 5) is 2.45. The highest BCUT2D eigenvalue weighted by Gasteiger charge is 2.27. The number of benzene rings is 2. The molecule has 0 amide bonds. The molecule has 21 heavy (non-hydrogen) atoms. The molecule has 1 atom stereocenters. The molecule has 3 heteroatoms. The number of anilines is 1. The molecule has 2 aromatic carbocycles. The summed E-state index contributed by atoms with van der Waals surface area (Å²) in [6.45, 7) is 5.10. The zero-order valence-electron chi connectivity index (χ0n) is 12.3. The highest BCUT2D eigenvalue weighted by molar-refractivity contribution is 5.46. The molecular formula is C18H20N2O. The van der Waals surface area contributed by atoms with E-state index in [0.29, 0.717) is 0 Å². The normalized spacial score (nSPS) is 20.1. The maximum Gasteiger partial charge on any atom is 0.123 e. The van der Waals surface area contributed by atoms with Crippen LogP contribution < -0.4 is 10.5 Å². The van der Waals surface area contributed by atoms with Crippen LogP contribution in [0.15, 0.2) is 36.4 Å². The van der Waals surface area contributed by atoms with Crippen LogP contribution in [-0.2, 0) is 19.5 Å². The lowest BCUT2D eigenvalue weighted by Crippen LogP contribution is -2.31. The van der Waals surface area contributed by atoms with Gasteiger partial charge in [0.2, 0.25) is 0 Å². The highest BCUT2D eigenvalue weighted by Crippen LogP contribution is 2.31. The first kappa shape index (κ1) is 12.7. The molecule has 2 heterocycles. The van der Waals surface area contributed by atoms with E-state index in [1.165, 1.54) is 22.3 Å². The maximum absolute atomic E-state index is 6.08. The lowest BCUT2D eigenvalue weighted by molar-refractivity contribution is 0.150. The lowest BCUT2D eigenvalue weighted by Gasteiger charge is -2.19. The van der Waals surface area contributed by atoms with Gasteiger partial charge in [-0.2, -0.15) is 0 Å². The molecule has 1 unspecified atom stereocenters. The van der Waals surface area contributed by atoms with Crippen molar-refractivity contribution in [1.82, 2.24) is 4.90 Å². The zero-order chi connectivity index (χ0) is 14.4. The fourth-order valence-corrected chi connectivity index (χ4v) is 3.45. The van der Waals surface area contributed by atoms with Crippen LogP contribution in [0, 0.1) is 6.92 Å². The minimum atomic E-state index is 0.272. The van der Waals surface area contributed by atoms with Crippen molar-refractivity contribution in [3.8, 4) is 5.75 Å². The van der Waals surface area contributed by atoms with Gasteiger partial charge in [-0.1, -0.05) is 23.8 Å². The topological polar surface area (TPSA) is 38.5 Å². The van der Waals surface area contributed by atoms with Gasteiger partial charge in [0.15, 0.2) is 0 Å². The van der Waals surface area contributed by atoms with E-state index >= 15 is 0 Å². The lowest BCUT2D eigenvalue weighted by atomic mass is 10.1. The molecule has 0 spiro atoms. The highest BCUT2D eigenvalue weighted by atomic mass is 16.5. The van der Waals surface area contributed by atoms with Crippen LogP contribution in [-0.4, -0.2) is 17.5 Å². The summed E-state index contributed by atoms with van der Waals surface area (Å²) >= 11 is 0. The first-order chi connectivity index (χ1) is 10.2. The second kappa shape index (κ2) is 4.78. The summed E-state index contributed by atoms with van der Waals surface area (Å²) in [5.41, 5.74) is 12.1. The van der Waals surface area contributed by atoms with Crippen molar-refractivity contribution in [3.63, 3.8) is 0 Å². The van der Waals surface area contributed by atoms with Gasteiger partial charge in [-0.15, -0.1) is 0 Å². The Bertz CT molecular complexity index is 636. The Morgan fingerprint density at radius 1 is 1.10 bits per heavy atom. The van der Waals surface area contributed by atoms with Gasteiger partial charge in [-0.05, 0) is 41.8 Å².